The third-order valence-electron chi connectivity index (χ3n) is 1.89. The van der Waals surface area contributed by atoms with Gasteiger partial charge in [-0.2, -0.15) is 0 Å². The van der Waals surface area contributed by atoms with E-state index in [4.69, 9.17) is 9.47 Å². The molecule has 0 spiro atoms. The van der Waals surface area contributed by atoms with E-state index in [0.29, 0.717) is 19.8 Å². The van der Waals surface area contributed by atoms with Crippen molar-refractivity contribution in [2.24, 2.45) is 0 Å². The molecule has 0 radical (unpaired) electrons. The first-order chi connectivity index (χ1) is 8.03. The van der Waals surface area contributed by atoms with Crippen LogP contribution in [0.4, 0.5) is 5.00 Å². The van der Waals surface area contributed by atoms with Gasteiger partial charge in [0, 0.05) is 18.1 Å². The molecule has 0 atom stereocenters. The smallest absolute Gasteiger partial charge is 0.135 e. The van der Waals surface area contributed by atoms with E-state index in [9.17, 15) is 0 Å². The maximum Gasteiger partial charge on any atom is 0.135 e. The van der Waals surface area contributed by atoms with Gasteiger partial charge in [-0.05, 0) is 27.7 Å². The standard InChI is InChI=1S/C11H21N3O2S/c1-5-12-10-9(13-14-17-10)8-15-6-7-16-11(2,3)4/h12H,5-8H2,1-4H3. The minimum Gasteiger partial charge on any atom is -0.374 e. The molecule has 0 unspecified atom stereocenters. The van der Waals surface area contributed by atoms with Crippen molar-refractivity contribution < 1.29 is 9.47 Å². The van der Waals surface area contributed by atoms with Crippen LogP contribution in [0.2, 0.25) is 0 Å². The van der Waals surface area contributed by atoms with Crippen LogP contribution in [0.25, 0.3) is 0 Å². The highest BCUT2D eigenvalue weighted by atomic mass is 32.1. The molecule has 98 valence electrons. The second-order valence-corrected chi connectivity index (χ2v) is 5.35. The van der Waals surface area contributed by atoms with Gasteiger partial charge in [0.15, 0.2) is 0 Å². The summed E-state index contributed by atoms with van der Waals surface area (Å²) in [7, 11) is 0. The first kappa shape index (κ1) is 14.3. The van der Waals surface area contributed by atoms with Crippen LogP contribution < -0.4 is 5.32 Å². The molecule has 0 aliphatic rings. The van der Waals surface area contributed by atoms with Gasteiger partial charge in [-0.15, -0.1) is 5.10 Å². The van der Waals surface area contributed by atoms with E-state index in [1.54, 1.807) is 0 Å². The molecule has 0 aliphatic heterocycles. The fraction of sp³-hybridized carbons (Fsp3) is 0.818. The van der Waals surface area contributed by atoms with Crippen LogP contribution in [-0.4, -0.2) is 34.9 Å². The van der Waals surface area contributed by atoms with Crippen molar-refractivity contribution in [3.63, 3.8) is 0 Å². The van der Waals surface area contributed by atoms with E-state index >= 15 is 0 Å². The normalized spacial score (nSPS) is 11.8. The third-order valence-corrected chi connectivity index (χ3v) is 2.62. The minimum atomic E-state index is -0.111. The van der Waals surface area contributed by atoms with Crippen LogP contribution in [0.1, 0.15) is 33.4 Å². The lowest BCUT2D eigenvalue weighted by Gasteiger charge is -2.19. The van der Waals surface area contributed by atoms with Gasteiger partial charge in [0.25, 0.3) is 0 Å². The number of nitrogens with zero attached hydrogens (tertiary/aromatic N) is 2. The van der Waals surface area contributed by atoms with Crippen LogP contribution in [0, 0.1) is 0 Å². The molecule has 1 rings (SSSR count). The molecule has 0 aliphatic carbocycles. The number of ether oxygens (including phenoxy) is 2. The molecule has 0 bridgehead atoms. The van der Waals surface area contributed by atoms with Crippen molar-refractivity contribution in [2.75, 3.05) is 25.1 Å². The first-order valence-electron chi connectivity index (χ1n) is 5.79. The summed E-state index contributed by atoms with van der Waals surface area (Å²) in [6.45, 7) is 10.6. The Morgan fingerprint density at radius 2 is 2.06 bits per heavy atom. The molecule has 1 aromatic heterocycles. The maximum atomic E-state index is 5.55. The molecule has 5 nitrogen and oxygen atoms in total. The van der Waals surface area contributed by atoms with E-state index < -0.39 is 0 Å². The Bertz CT molecular complexity index is 323. The van der Waals surface area contributed by atoms with Gasteiger partial charge in [0.05, 0.1) is 25.4 Å². The molecule has 0 amide bonds. The summed E-state index contributed by atoms with van der Waals surface area (Å²) in [5.74, 6) is 0. The first-order valence-corrected chi connectivity index (χ1v) is 6.57. The Balaban J connectivity index is 2.20. The Morgan fingerprint density at radius 3 is 2.71 bits per heavy atom. The van der Waals surface area contributed by atoms with Crippen LogP contribution in [-0.2, 0) is 16.1 Å². The quantitative estimate of drug-likeness (QED) is 0.761. The number of nitrogens with one attached hydrogen (secondary N) is 1. The lowest BCUT2D eigenvalue weighted by Crippen LogP contribution is -2.21. The molecule has 1 heterocycles. The van der Waals surface area contributed by atoms with Gasteiger partial charge in [0.2, 0.25) is 0 Å². The highest BCUT2D eigenvalue weighted by Crippen LogP contribution is 2.17. The van der Waals surface area contributed by atoms with E-state index in [-0.39, 0.29) is 5.60 Å². The Hall–Kier alpha value is -0.720. The number of rotatable bonds is 7. The van der Waals surface area contributed by atoms with Gasteiger partial charge < -0.3 is 14.8 Å². The van der Waals surface area contributed by atoms with E-state index in [1.807, 2.05) is 27.7 Å². The largest absolute Gasteiger partial charge is 0.374 e. The monoisotopic (exact) mass is 259 g/mol. The van der Waals surface area contributed by atoms with Crippen molar-refractivity contribution in [2.45, 2.75) is 39.9 Å². The summed E-state index contributed by atoms with van der Waals surface area (Å²) in [4.78, 5) is 0. The molecule has 6 heteroatoms. The zero-order chi connectivity index (χ0) is 12.7. The van der Waals surface area contributed by atoms with Gasteiger partial charge in [-0.1, -0.05) is 4.49 Å². The van der Waals surface area contributed by atoms with Crippen molar-refractivity contribution in [1.29, 1.82) is 0 Å². The average molecular weight is 259 g/mol. The molecule has 1 N–H and O–H groups in total. The highest BCUT2D eigenvalue weighted by molar-refractivity contribution is 7.10. The third kappa shape index (κ3) is 5.95. The zero-order valence-corrected chi connectivity index (χ0v) is 11.8. The van der Waals surface area contributed by atoms with Crippen LogP contribution >= 0.6 is 11.5 Å². The minimum absolute atomic E-state index is 0.111. The van der Waals surface area contributed by atoms with Crippen molar-refractivity contribution in [3.05, 3.63) is 5.69 Å². The molecule has 0 aromatic carbocycles. The zero-order valence-electron chi connectivity index (χ0n) is 10.9. The van der Waals surface area contributed by atoms with Crippen molar-refractivity contribution >= 4 is 16.5 Å². The lowest BCUT2D eigenvalue weighted by atomic mass is 10.2. The molecule has 17 heavy (non-hydrogen) atoms. The molecule has 0 fully saturated rings. The van der Waals surface area contributed by atoms with E-state index in [2.05, 4.69) is 14.9 Å². The second-order valence-electron chi connectivity index (χ2n) is 4.59. The fourth-order valence-electron chi connectivity index (χ4n) is 1.17. The predicted octanol–water partition coefficient (Wildman–Crippen LogP) is 2.30. The number of hydrogen-bond acceptors (Lipinski definition) is 6. The molecule has 0 saturated heterocycles. The number of hydrogen-bond donors (Lipinski definition) is 1. The Morgan fingerprint density at radius 1 is 1.29 bits per heavy atom. The molecular formula is C11H21N3O2S. The maximum absolute atomic E-state index is 5.55. The second kappa shape index (κ2) is 6.88. The Kier molecular flexibility index (Phi) is 5.80. The summed E-state index contributed by atoms with van der Waals surface area (Å²) in [6, 6.07) is 0. The topological polar surface area (TPSA) is 56.3 Å². The summed E-state index contributed by atoms with van der Waals surface area (Å²) >= 11 is 1.36. The van der Waals surface area contributed by atoms with Crippen molar-refractivity contribution in [3.8, 4) is 0 Å². The highest BCUT2D eigenvalue weighted by Gasteiger charge is 2.10. The van der Waals surface area contributed by atoms with E-state index in [1.165, 1.54) is 11.5 Å². The van der Waals surface area contributed by atoms with Gasteiger partial charge in [0.1, 0.15) is 10.7 Å². The molecular weight excluding hydrogens is 238 g/mol. The predicted molar refractivity (Wildman–Crippen MR) is 69.4 cm³/mol. The summed E-state index contributed by atoms with van der Waals surface area (Å²) in [6.07, 6.45) is 0. The van der Waals surface area contributed by atoms with Gasteiger partial charge >= 0.3 is 0 Å². The van der Waals surface area contributed by atoms with Crippen LogP contribution in [0.5, 0.6) is 0 Å². The summed E-state index contributed by atoms with van der Waals surface area (Å²) in [5, 5.41) is 8.21. The molecule has 1 aromatic rings. The summed E-state index contributed by atoms with van der Waals surface area (Å²) in [5.41, 5.74) is 0.758. The van der Waals surface area contributed by atoms with Crippen LogP contribution in [0.15, 0.2) is 0 Å². The van der Waals surface area contributed by atoms with Crippen LogP contribution in [0.3, 0.4) is 0 Å². The van der Waals surface area contributed by atoms with E-state index in [0.717, 1.165) is 17.2 Å². The molecule has 0 saturated carbocycles. The average Bonchev–Trinajstić information content (AvgIpc) is 2.64. The van der Waals surface area contributed by atoms with Crippen molar-refractivity contribution in [1.82, 2.24) is 9.59 Å². The number of anilines is 1. The SMILES string of the molecule is CCNc1snnc1COCCOC(C)(C)C. The lowest BCUT2D eigenvalue weighted by molar-refractivity contribution is -0.0379. The summed E-state index contributed by atoms with van der Waals surface area (Å²) < 4.78 is 14.9. The van der Waals surface area contributed by atoms with Gasteiger partial charge in [-0.25, -0.2) is 0 Å². The fourth-order valence-corrected chi connectivity index (χ4v) is 1.81. The number of aromatic nitrogens is 2. The Labute approximate surface area is 107 Å². The van der Waals surface area contributed by atoms with Gasteiger partial charge in [-0.3, -0.25) is 0 Å².